The lowest BCUT2D eigenvalue weighted by molar-refractivity contribution is -0.122. The van der Waals surface area contributed by atoms with E-state index in [-0.39, 0.29) is 10.5 Å². The first-order chi connectivity index (χ1) is 16.0. The second kappa shape index (κ2) is 10.3. The molecule has 2 fully saturated rings. The van der Waals surface area contributed by atoms with Gasteiger partial charge in [0.1, 0.15) is 22.1 Å². The number of methoxy groups -OCH3 is 2. The van der Waals surface area contributed by atoms with Crippen molar-refractivity contribution in [1.29, 1.82) is 0 Å². The Labute approximate surface area is 195 Å². The summed E-state index contributed by atoms with van der Waals surface area (Å²) < 4.78 is 50.9. The molecule has 0 saturated carbocycles. The molecule has 2 aliphatic heterocycles. The van der Waals surface area contributed by atoms with Crippen LogP contribution in [-0.2, 0) is 14.8 Å². The first-order valence-corrected chi connectivity index (χ1v) is 12.8. The van der Waals surface area contributed by atoms with E-state index in [4.69, 9.17) is 18.9 Å². The van der Waals surface area contributed by atoms with Gasteiger partial charge in [-0.15, -0.1) is 0 Å². The number of pyridine rings is 1. The van der Waals surface area contributed by atoms with Crippen LogP contribution in [0.2, 0.25) is 0 Å². The number of piperidine rings is 1. The SMILES string of the molecule is COc1ccc(OC)c(S(=O)(=O)N2CCC3(CC2)CC(CCOc2ccncc2)CCO3)c1. The highest BCUT2D eigenvalue weighted by Crippen LogP contribution is 2.40. The third-order valence-corrected chi connectivity index (χ3v) is 8.58. The summed E-state index contributed by atoms with van der Waals surface area (Å²) in [5, 5.41) is 0. The maximum Gasteiger partial charge on any atom is 0.246 e. The standard InChI is InChI=1S/C24H32N2O6S/c1-29-21-3-4-22(30-2)23(17-21)33(27,28)26-13-9-24(10-14-26)18-19(8-16-32-24)7-15-31-20-5-11-25-12-6-20/h3-6,11-12,17,19H,7-10,13-16,18H2,1-2H3. The number of sulfonamides is 1. The van der Waals surface area contributed by atoms with Crippen molar-refractivity contribution in [2.75, 3.05) is 40.5 Å². The van der Waals surface area contributed by atoms with Crippen molar-refractivity contribution in [2.24, 2.45) is 5.92 Å². The zero-order chi connectivity index (χ0) is 23.3. The maximum absolute atomic E-state index is 13.4. The van der Waals surface area contributed by atoms with Crippen LogP contribution in [0.4, 0.5) is 0 Å². The minimum absolute atomic E-state index is 0.135. The number of aromatic nitrogens is 1. The summed E-state index contributed by atoms with van der Waals surface area (Å²) in [6, 6.07) is 8.56. The van der Waals surface area contributed by atoms with Gasteiger partial charge in [-0.25, -0.2) is 8.42 Å². The zero-order valence-electron chi connectivity index (χ0n) is 19.2. The molecule has 0 amide bonds. The van der Waals surface area contributed by atoms with Gasteiger partial charge < -0.3 is 18.9 Å². The van der Waals surface area contributed by atoms with Crippen LogP contribution in [0.3, 0.4) is 0 Å². The fourth-order valence-corrected chi connectivity index (χ4v) is 6.37. The molecule has 1 aromatic heterocycles. The van der Waals surface area contributed by atoms with Crippen LogP contribution in [0, 0.1) is 5.92 Å². The highest BCUT2D eigenvalue weighted by Gasteiger charge is 2.43. The van der Waals surface area contributed by atoms with Gasteiger partial charge >= 0.3 is 0 Å². The Balaban J connectivity index is 1.36. The maximum atomic E-state index is 13.4. The van der Waals surface area contributed by atoms with Crippen LogP contribution in [0.1, 0.15) is 32.1 Å². The molecule has 0 radical (unpaired) electrons. The first-order valence-electron chi connectivity index (χ1n) is 11.3. The van der Waals surface area contributed by atoms with Gasteiger partial charge in [-0.3, -0.25) is 4.98 Å². The lowest BCUT2D eigenvalue weighted by atomic mass is 9.79. The highest BCUT2D eigenvalue weighted by atomic mass is 32.2. The van der Waals surface area contributed by atoms with Crippen molar-refractivity contribution in [3.63, 3.8) is 0 Å². The van der Waals surface area contributed by atoms with Crippen LogP contribution in [-0.4, -0.2) is 63.8 Å². The molecule has 3 heterocycles. The number of benzene rings is 1. The molecule has 1 unspecified atom stereocenters. The molecule has 2 saturated heterocycles. The molecule has 0 N–H and O–H groups in total. The minimum atomic E-state index is -3.70. The van der Waals surface area contributed by atoms with Crippen molar-refractivity contribution in [2.45, 2.75) is 42.6 Å². The predicted octanol–water partition coefficient (Wildman–Crippen LogP) is 3.52. The quantitative estimate of drug-likeness (QED) is 0.576. The number of hydrogen-bond donors (Lipinski definition) is 0. The van der Waals surface area contributed by atoms with E-state index >= 15 is 0 Å². The monoisotopic (exact) mass is 476 g/mol. The summed E-state index contributed by atoms with van der Waals surface area (Å²) in [4.78, 5) is 4.14. The van der Waals surface area contributed by atoms with Crippen molar-refractivity contribution in [3.8, 4) is 17.2 Å². The molecule has 1 spiro atoms. The van der Waals surface area contributed by atoms with Crippen LogP contribution in [0.25, 0.3) is 0 Å². The normalized spacial score (nSPS) is 21.0. The molecular formula is C24H32N2O6S. The van der Waals surface area contributed by atoms with Crippen LogP contribution < -0.4 is 14.2 Å². The van der Waals surface area contributed by atoms with E-state index in [1.165, 1.54) is 24.6 Å². The van der Waals surface area contributed by atoms with E-state index in [9.17, 15) is 8.42 Å². The average molecular weight is 477 g/mol. The summed E-state index contributed by atoms with van der Waals surface area (Å²) in [5.74, 6) is 2.13. The van der Waals surface area contributed by atoms with E-state index < -0.39 is 10.0 Å². The van der Waals surface area contributed by atoms with Crippen LogP contribution in [0.15, 0.2) is 47.6 Å². The Morgan fingerprint density at radius 2 is 1.85 bits per heavy atom. The Bertz CT molecular complexity index is 1020. The fourth-order valence-electron chi connectivity index (χ4n) is 4.76. The second-order valence-corrected chi connectivity index (χ2v) is 10.5. The summed E-state index contributed by atoms with van der Waals surface area (Å²) in [6.07, 6.45) is 7.70. The lowest BCUT2D eigenvalue weighted by Crippen LogP contribution is -2.50. The van der Waals surface area contributed by atoms with Gasteiger partial charge in [-0.1, -0.05) is 0 Å². The van der Waals surface area contributed by atoms with E-state index in [1.807, 2.05) is 12.1 Å². The predicted molar refractivity (Wildman–Crippen MR) is 123 cm³/mol. The van der Waals surface area contributed by atoms with Crippen LogP contribution in [0.5, 0.6) is 17.2 Å². The van der Waals surface area contributed by atoms with Crippen molar-refractivity contribution in [1.82, 2.24) is 9.29 Å². The Hall–Kier alpha value is -2.36. The van der Waals surface area contributed by atoms with Crippen molar-refractivity contribution in [3.05, 3.63) is 42.7 Å². The largest absolute Gasteiger partial charge is 0.497 e. The summed E-state index contributed by atoms with van der Waals surface area (Å²) in [5.41, 5.74) is -0.260. The number of rotatable bonds is 8. The van der Waals surface area contributed by atoms with Gasteiger partial charge in [0.15, 0.2) is 0 Å². The molecule has 0 aliphatic carbocycles. The van der Waals surface area contributed by atoms with Crippen LogP contribution >= 0.6 is 0 Å². The van der Waals surface area contributed by atoms with E-state index in [1.54, 1.807) is 24.5 Å². The van der Waals surface area contributed by atoms with Gasteiger partial charge in [0, 0.05) is 38.2 Å². The molecule has 2 aromatic rings. The minimum Gasteiger partial charge on any atom is -0.497 e. The van der Waals surface area contributed by atoms with Gasteiger partial charge in [-0.2, -0.15) is 4.31 Å². The topological polar surface area (TPSA) is 87.2 Å². The zero-order valence-corrected chi connectivity index (χ0v) is 20.1. The number of ether oxygens (including phenoxy) is 4. The van der Waals surface area contributed by atoms with Crippen molar-refractivity contribution < 1.29 is 27.4 Å². The Morgan fingerprint density at radius 3 is 2.55 bits per heavy atom. The molecule has 9 heteroatoms. The second-order valence-electron chi connectivity index (χ2n) is 8.63. The van der Waals surface area contributed by atoms with Gasteiger partial charge in [0.2, 0.25) is 10.0 Å². The molecule has 4 rings (SSSR count). The first kappa shape index (κ1) is 23.8. The lowest BCUT2D eigenvalue weighted by Gasteiger charge is -2.46. The molecule has 0 bridgehead atoms. The Morgan fingerprint density at radius 1 is 1.09 bits per heavy atom. The smallest absolute Gasteiger partial charge is 0.246 e. The third kappa shape index (κ3) is 5.42. The highest BCUT2D eigenvalue weighted by molar-refractivity contribution is 7.89. The third-order valence-electron chi connectivity index (χ3n) is 6.66. The van der Waals surface area contributed by atoms with E-state index in [0.29, 0.717) is 56.6 Å². The Kier molecular flexibility index (Phi) is 7.41. The summed E-state index contributed by atoms with van der Waals surface area (Å²) in [7, 11) is -0.715. The molecule has 1 atom stereocenters. The van der Waals surface area contributed by atoms with E-state index in [2.05, 4.69) is 4.98 Å². The van der Waals surface area contributed by atoms with Gasteiger partial charge in [0.25, 0.3) is 0 Å². The molecule has 180 valence electrons. The summed E-state index contributed by atoms with van der Waals surface area (Å²) in [6.45, 7) is 2.20. The number of nitrogens with zero attached hydrogens (tertiary/aromatic N) is 2. The van der Waals surface area contributed by atoms with Crippen molar-refractivity contribution >= 4 is 10.0 Å². The molecular weight excluding hydrogens is 444 g/mol. The average Bonchev–Trinajstić information content (AvgIpc) is 2.84. The fraction of sp³-hybridized carbons (Fsp3) is 0.542. The van der Waals surface area contributed by atoms with E-state index in [0.717, 1.165) is 25.0 Å². The molecule has 1 aromatic carbocycles. The summed E-state index contributed by atoms with van der Waals surface area (Å²) >= 11 is 0. The van der Waals surface area contributed by atoms with Gasteiger partial charge in [-0.05, 0) is 62.3 Å². The molecule has 8 nitrogen and oxygen atoms in total. The molecule has 33 heavy (non-hydrogen) atoms. The molecule has 2 aliphatic rings. The number of hydrogen-bond acceptors (Lipinski definition) is 7. The van der Waals surface area contributed by atoms with Gasteiger partial charge in [0.05, 0.1) is 26.4 Å².